The van der Waals surface area contributed by atoms with E-state index in [1.807, 2.05) is 13.8 Å². The zero-order valence-corrected chi connectivity index (χ0v) is 17.1. The summed E-state index contributed by atoms with van der Waals surface area (Å²) in [6.45, 7) is 6.19. The van der Waals surface area contributed by atoms with Crippen molar-refractivity contribution in [2.75, 3.05) is 33.0 Å². The van der Waals surface area contributed by atoms with Gasteiger partial charge in [0.05, 0.1) is 18.3 Å². The lowest BCUT2D eigenvalue weighted by Crippen LogP contribution is -2.39. The largest absolute Gasteiger partial charge is 0.497 e. The van der Waals surface area contributed by atoms with Gasteiger partial charge in [-0.05, 0) is 43.0 Å². The van der Waals surface area contributed by atoms with E-state index in [1.54, 1.807) is 19.1 Å². The number of methoxy groups -OCH3 is 1. The number of rotatable bonds is 10. The number of benzene rings is 1. The van der Waals surface area contributed by atoms with Crippen LogP contribution in [0.1, 0.15) is 25.8 Å². The highest BCUT2D eigenvalue weighted by Crippen LogP contribution is 2.20. The smallest absolute Gasteiger partial charge is 0.240 e. The lowest BCUT2D eigenvalue weighted by atomic mass is 10.1. The molecule has 0 amide bonds. The van der Waals surface area contributed by atoms with Gasteiger partial charge in [0.15, 0.2) is 0 Å². The third-order valence-corrected chi connectivity index (χ3v) is 6.67. The van der Waals surface area contributed by atoms with E-state index in [0.29, 0.717) is 23.8 Å². The number of nitrogens with zero attached hydrogens (tertiary/aromatic N) is 1. The van der Waals surface area contributed by atoms with Gasteiger partial charge in [-0.15, -0.1) is 0 Å². The normalized spacial score (nSPS) is 12.8. The van der Waals surface area contributed by atoms with E-state index in [1.165, 1.54) is 17.5 Å². The summed E-state index contributed by atoms with van der Waals surface area (Å²) in [4.78, 5) is 0.154. The first-order valence-corrected chi connectivity index (χ1v) is 11.4. The second-order valence-corrected chi connectivity index (χ2v) is 10.1. The van der Waals surface area contributed by atoms with Crippen LogP contribution in [0.4, 0.5) is 0 Å². The van der Waals surface area contributed by atoms with E-state index in [4.69, 9.17) is 4.74 Å². The molecule has 0 bridgehead atoms. The molecule has 7 nitrogen and oxygen atoms in total. The molecule has 1 aromatic carbocycles. The minimum atomic E-state index is -3.72. The fourth-order valence-corrected chi connectivity index (χ4v) is 4.38. The van der Waals surface area contributed by atoms with Crippen LogP contribution in [-0.4, -0.2) is 54.1 Å². The highest BCUT2D eigenvalue weighted by Gasteiger charge is 2.20. The van der Waals surface area contributed by atoms with Crippen LogP contribution < -0.4 is 9.46 Å². The van der Waals surface area contributed by atoms with Crippen molar-refractivity contribution in [1.29, 1.82) is 0 Å². The molecule has 0 saturated heterocycles. The second-order valence-electron chi connectivity index (χ2n) is 6.37. The van der Waals surface area contributed by atoms with E-state index in [2.05, 4.69) is 4.72 Å². The van der Waals surface area contributed by atoms with Crippen molar-refractivity contribution in [1.82, 2.24) is 9.03 Å². The Balaban J connectivity index is 2.77. The van der Waals surface area contributed by atoms with Crippen molar-refractivity contribution in [3.63, 3.8) is 0 Å². The molecule has 1 aromatic rings. The van der Waals surface area contributed by atoms with Gasteiger partial charge in [-0.3, -0.25) is 0 Å². The molecule has 0 fully saturated rings. The molecule has 1 N–H and O–H groups in total. The third-order valence-electron chi connectivity index (χ3n) is 3.75. The maximum atomic E-state index is 12.4. The van der Waals surface area contributed by atoms with Crippen LogP contribution in [0.5, 0.6) is 5.75 Å². The van der Waals surface area contributed by atoms with Crippen molar-refractivity contribution in [2.45, 2.75) is 32.1 Å². The van der Waals surface area contributed by atoms with Crippen molar-refractivity contribution in [3.05, 3.63) is 23.8 Å². The zero-order valence-electron chi connectivity index (χ0n) is 15.4. The predicted octanol–water partition coefficient (Wildman–Crippen LogP) is 1.59. The van der Waals surface area contributed by atoms with Gasteiger partial charge in [0, 0.05) is 19.6 Å². The maximum Gasteiger partial charge on any atom is 0.240 e. The highest BCUT2D eigenvalue weighted by atomic mass is 32.2. The van der Waals surface area contributed by atoms with Crippen molar-refractivity contribution < 1.29 is 21.6 Å². The van der Waals surface area contributed by atoms with Crippen molar-refractivity contribution in [2.24, 2.45) is 5.92 Å². The first-order chi connectivity index (χ1) is 11.5. The van der Waals surface area contributed by atoms with Crippen LogP contribution in [0, 0.1) is 12.8 Å². The fraction of sp³-hybridized carbons (Fsp3) is 0.625. The molecule has 0 aromatic heterocycles. The van der Waals surface area contributed by atoms with Gasteiger partial charge in [-0.2, -0.15) is 0 Å². The van der Waals surface area contributed by atoms with E-state index in [9.17, 15) is 16.8 Å². The standard InChI is InChI=1S/C16H28N2O5S2/c1-13(2)8-10-18(24(5,19)20)11-9-17-25(21,22)16-7-6-15(23-4)12-14(16)3/h6-7,12-13,17H,8-11H2,1-5H3. The molecule has 144 valence electrons. The summed E-state index contributed by atoms with van der Waals surface area (Å²) in [5, 5.41) is 0. The number of hydrogen-bond acceptors (Lipinski definition) is 5. The molecule has 0 unspecified atom stereocenters. The van der Waals surface area contributed by atoms with E-state index >= 15 is 0 Å². The van der Waals surface area contributed by atoms with Gasteiger partial charge >= 0.3 is 0 Å². The molecule has 0 aliphatic carbocycles. The molecule has 0 aliphatic heterocycles. The Morgan fingerprint density at radius 2 is 1.80 bits per heavy atom. The maximum absolute atomic E-state index is 12.4. The minimum absolute atomic E-state index is 0.0129. The summed E-state index contributed by atoms with van der Waals surface area (Å²) in [7, 11) is -5.58. The molecule has 0 spiro atoms. The lowest BCUT2D eigenvalue weighted by molar-refractivity contribution is 0.385. The van der Waals surface area contributed by atoms with Gasteiger partial charge in [0.25, 0.3) is 0 Å². The highest BCUT2D eigenvalue weighted by molar-refractivity contribution is 7.89. The molecule has 0 radical (unpaired) electrons. The molecule has 1 rings (SSSR count). The van der Waals surface area contributed by atoms with Gasteiger partial charge in [-0.1, -0.05) is 13.8 Å². The van der Waals surface area contributed by atoms with Gasteiger partial charge in [0.1, 0.15) is 5.75 Å². The molecule has 0 atom stereocenters. The summed E-state index contributed by atoms with van der Waals surface area (Å²) in [6.07, 6.45) is 1.85. The van der Waals surface area contributed by atoms with Crippen molar-refractivity contribution >= 4 is 20.0 Å². The number of nitrogens with one attached hydrogen (secondary N) is 1. The summed E-state index contributed by atoms with van der Waals surface area (Å²) in [5.74, 6) is 0.941. The summed E-state index contributed by atoms with van der Waals surface area (Å²) >= 11 is 0. The van der Waals surface area contributed by atoms with E-state index in [-0.39, 0.29) is 18.0 Å². The second kappa shape index (κ2) is 8.98. The minimum Gasteiger partial charge on any atom is -0.497 e. The third kappa shape index (κ3) is 6.93. The molecule has 0 heterocycles. The summed E-state index contributed by atoms with van der Waals surface area (Å²) in [6, 6.07) is 4.69. The van der Waals surface area contributed by atoms with Crippen LogP contribution in [-0.2, 0) is 20.0 Å². The predicted molar refractivity (Wildman–Crippen MR) is 98.8 cm³/mol. The Morgan fingerprint density at radius 1 is 1.16 bits per heavy atom. The first kappa shape index (κ1) is 21.9. The number of ether oxygens (including phenoxy) is 1. The van der Waals surface area contributed by atoms with Crippen LogP contribution in [0.2, 0.25) is 0 Å². The Labute approximate surface area is 151 Å². The molecule has 0 saturated carbocycles. The number of sulfonamides is 2. The quantitative estimate of drug-likeness (QED) is 0.653. The van der Waals surface area contributed by atoms with Crippen LogP contribution in [0.3, 0.4) is 0 Å². The Kier molecular flexibility index (Phi) is 7.86. The average molecular weight is 393 g/mol. The van der Waals surface area contributed by atoms with Crippen LogP contribution in [0.25, 0.3) is 0 Å². The Hall–Kier alpha value is -1.16. The van der Waals surface area contributed by atoms with Gasteiger partial charge in [0.2, 0.25) is 20.0 Å². The van der Waals surface area contributed by atoms with Gasteiger partial charge in [-0.25, -0.2) is 25.9 Å². The molecule has 0 aliphatic rings. The summed E-state index contributed by atoms with van der Waals surface area (Å²) < 4.78 is 57.4. The number of aryl methyl sites for hydroxylation is 1. The Morgan fingerprint density at radius 3 is 2.28 bits per heavy atom. The summed E-state index contributed by atoms with van der Waals surface area (Å²) in [5.41, 5.74) is 0.562. The van der Waals surface area contributed by atoms with E-state index in [0.717, 1.165) is 12.7 Å². The number of hydrogen-bond donors (Lipinski definition) is 1. The monoisotopic (exact) mass is 392 g/mol. The van der Waals surface area contributed by atoms with Crippen LogP contribution in [0.15, 0.2) is 23.1 Å². The Bertz CT molecular complexity index is 774. The molecule has 9 heteroatoms. The SMILES string of the molecule is COc1ccc(S(=O)(=O)NCCN(CCC(C)C)S(C)(=O)=O)c(C)c1. The van der Waals surface area contributed by atoms with E-state index < -0.39 is 20.0 Å². The van der Waals surface area contributed by atoms with Crippen molar-refractivity contribution in [3.8, 4) is 5.75 Å². The zero-order chi connectivity index (χ0) is 19.3. The van der Waals surface area contributed by atoms with Crippen LogP contribution >= 0.6 is 0 Å². The fourth-order valence-electron chi connectivity index (χ4n) is 2.28. The first-order valence-electron chi connectivity index (χ1n) is 8.07. The molecular formula is C16H28N2O5S2. The van der Waals surface area contributed by atoms with Gasteiger partial charge < -0.3 is 4.74 Å². The topological polar surface area (TPSA) is 92.8 Å². The average Bonchev–Trinajstić information content (AvgIpc) is 2.48. The lowest BCUT2D eigenvalue weighted by Gasteiger charge is -2.21. The molecule has 25 heavy (non-hydrogen) atoms. The molecular weight excluding hydrogens is 364 g/mol.